The van der Waals surface area contributed by atoms with Gasteiger partial charge in [-0.25, -0.2) is 0 Å². The van der Waals surface area contributed by atoms with E-state index in [-0.39, 0.29) is 4.90 Å². The Labute approximate surface area is 98.7 Å². The highest BCUT2D eigenvalue weighted by atomic mass is 32.2. The van der Waals surface area contributed by atoms with Crippen molar-refractivity contribution in [2.24, 2.45) is 5.73 Å². The van der Waals surface area contributed by atoms with E-state index >= 15 is 0 Å². The van der Waals surface area contributed by atoms with Crippen LogP contribution in [0, 0.1) is 0 Å². The lowest BCUT2D eigenvalue weighted by atomic mass is 10.3. The molecule has 0 spiro atoms. The van der Waals surface area contributed by atoms with Crippen molar-refractivity contribution in [1.29, 1.82) is 0 Å². The molecule has 1 aromatic carbocycles. The zero-order valence-corrected chi connectivity index (χ0v) is 10.1. The average Bonchev–Trinajstić information content (AvgIpc) is 2.17. The first-order chi connectivity index (χ1) is 7.56. The number of nitrogens with two attached hydrogens (primary N) is 2. The first-order valence-corrected chi connectivity index (χ1v) is 7.09. The zero-order chi connectivity index (χ0) is 13.7. The lowest BCUT2D eigenvalue weighted by Gasteiger charge is -1.95. The van der Waals surface area contributed by atoms with Crippen molar-refractivity contribution < 1.29 is 25.9 Å². The van der Waals surface area contributed by atoms with E-state index < -0.39 is 26.1 Å². The van der Waals surface area contributed by atoms with Gasteiger partial charge in [0.1, 0.15) is 5.88 Å². The van der Waals surface area contributed by atoms with Crippen LogP contribution in [-0.2, 0) is 20.2 Å². The van der Waals surface area contributed by atoms with Crippen LogP contribution in [-0.4, -0.2) is 31.8 Å². The van der Waals surface area contributed by atoms with E-state index in [1.165, 1.54) is 24.3 Å². The number of nitrogen functional groups attached to an aromatic ring is 1. The van der Waals surface area contributed by atoms with E-state index in [9.17, 15) is 16.8 Å². The van der Waals surface area contributed by atoms with Gasteiger partial charge in [0.15, 0.2) is 0 Å². The first-order valence-electron chi connectivity index (χ1n) is 4.04. The van der Waals surface area contributed by atoms with E-state index in [2.05, 4.69) is 5.73 Å². The van der Waals surface area contributed by atoms with Gasteiger partial charge in [-0.1, -0.05) is 0 Å². The standard InChI is InChI=1S/C6H7NO3S.CH5NO3S/c7-5-1-3-6(4-2-5)11(8,9)10;2-1-6(3,4)5/h1-4H,7H2,(H,8,9,10);1-2H2,(H,3,4,5). The second kappa shape index (κ2) is 5.93. The maximum Gasteiger partial charge on any atom is 0.294 e. The zero-order valence-electron chi connectivity index (χ0n) is 8.52. The molecule has 0 aliphatic heterocycles. The highest BCUT2D eigenvalue weighted by Gasteiger charge is 2.06. The summed E-state index contributed by atoms with van der Waals surface area (Å²) in [7, 11) is -7.96. The van der Waals surface area contributed by atoms with Gasteiger partial charge in [0.2, 0.25) is 0 Å². The molecule has 0 saturated heterocycles. The number of benzene rings is 1. The SMILES string of the molecule is NCS(=O)(=O)O.Nc1ccc(S(=O)(=O)O)cc1. The highest BCUT2D eigenvalue weighted by molar-refractivity contribution is 7.86. The third kappa shape index (κ3) is 7.65. The van der Waals surface area contributed by atoms with Crippen LogP contribution in [0.15, 0.2) is 29.2 Å². The van der Waals surface area contributed by atoms with Gasteiger partial charge in [0.05, 0.1) is 4.90 Å². The van der Waals surface area contributed by atoms with Gasteiger partial charge in [-0.05, 0) is 24.3 Å². The normalized spacial score (nSPS) is 11.5. The summed E-state index contributed by atoms with van der Waals surface area (Å²) in [6.45, 7) is 0. The first kappa shape index (κ1) is 15.8. The van der Waals surface area contributed by atoms with Crippen LogP contribution in [0.4, 0.5) is 5.69 Å². The minimum absolute atomic E-state index is 0.147. The van der Waals surface area contributed by atoms with Crippen molar-refractivity contribution in [3.63, 3.8) is 0 Å². The largest absolute Gasteiger partial charge is 0.399 e. The maximum absolute atomic E-state index is 10.5. The summed E-state index contributed by atoms with van der Waals surface area (Å²) in [5, 5.41) is 0. The molecule has 10 heteroatoms. The Balaban J connectivity index is 0.000000366. The minimum Gasteiger partial charge on any atom is -0.399 e. The van der Waals surface area contributed by atoms with Gasteiger partial charge in [-0.3, -0.25) is 9.11 Å². The van der Waals surface area contributed by atoms with Crippen LogP contribution in [0.25, 0.3) is 0 Å². The summed E-state index contributed by atoms with van der Waals surface area (Å²) in [6, 6.07) is 5.29. The molecule has 6 N–H and O–H groups in total. The molecule has 0 bridgehead atoms. The van der Waals surface area contributed by atoms with E-state index in [1.54, 1.807) is 0 Å². The molecule has 0 radical (unpaired) electrons. The summed E-state index contributed by atoms with van der Waals surface area (Å²) in [4.78, 5) is -0.147. The molecule has 1 aromatic rings. The second-order valence-electron chi connectivity index (χ2n) is 2.79. The summed E-state index contributed by atoms with van der Waals surface area (Å²) < 4.78 is 56.0. The van der Waals surface area contributed by atoms with Crippen molar-refractivity contribution in [3.8, 4) is 0 Å². The van der Waals surface area contributed by atoms with Crippen molar-refractivity contribution in [2.75, 3.05) is 11.6 Å². The van der Waals surface area contributed by atoms with Gasteiger partial charge < -0.3 is 11.5 Å². The van der Waals surface area contributed by atoms with Crippen LogP contribution in [0.2, 0.25) is 0 Å². The van der Waals surface area contributed by atoms with Crippen molar-refractivity contribution >= 4 is 25.9 Å². The maximum atomic E-state index is 10.5. The number of anilines is 1. The molecule has 0 amide bonds. The number of rotatable bonds is 2. The minimum atomic E-state index is -4.08. The fourth-order valence-electron chi connectivity index (χ4n) is 0.640. The van der Waals surface area contributed by atoms with Crippen LogP contribution < -0.4 is 11.5 Å². The molecule has 0 unspecified atom stereocenters. The molecule has 98 valence electrons. The Morgan fingerprint density at radius 1 is 1.00 bits per heavy atom. The third-order valence-corrected chi connectivity index (χ3v) is 2.68. The van der Waals surface area contributed by atoms with Crippen LogP contribution in [0.5, 0.6) is 0 Å². The molecule has 0 aliphatic carbocycles. The van der Waals surface area contributed by atoms with Crippen LogP contribution in [0.1, 0.15) is 0 Å². The molecular formula is C7H12N2O6S2. The van der Waals surface area contributed by atoms with E-state index in [1.807, 2.05) is 0 Å². The predicted octanol–water partition coefficient (Wildman–Crippen LogP) is -0.694. The van der Waals surface area contributed by atoms with Crippen molar-refractivity contribution in [2.45, 2.75) is 4.90 Å². The Kier molecular flexibility index (Phi) is 5.51. The molecule has 0 atom stereocenters. The van der Waals surface area contributed by atoms with E-state index in [0.717, 1.165) is 0 Å². The molecule has 8 nitrogen and oxygen atoms in total. The molecule has 0 heterocycles. The summed E-state index contributed by atoms with van der Waals surface area (Å²) in [6.07, 6.45) is 0. The average molecular weight is 284 g/mol. The fraction of sp³-hybridized carbons (Fsp3) is 0.143. The molecule has 17 heavy (non-hydrogen) atoms. The van der Waals surface area contributed by atoms with E-state index in [4.69, 9.17) is 14.8 Å². The Morgan fingerprint density at radius 3 is 1.59 bits per heavy atom. The molecule has 0 aromatic heterocycles. The van der Waals surface area contributed by atoms with Gasteiger partial charge in [0.25, 0.3) is 20.2 Å². The highest BCUT2D eigenvalue weighted by Crippen LogP contribution is 2.10. The topological polar surface area (TPSA) is 161 Å². The Bertz CT molecular complexity index is 549. The van der Waals surface area contributed by atoms with E-state index in [0.29, 0.717) is 5.69 Å². The molecule has 1 rings (SSSR count). The van der Waals surface area contributed by atoms with Crippen LogP contribution >= 0.6 is 0 Å². The molecule has 0 saturated carbocycles. The quantitative estimate of drug-likeness (QED) is 0.409. The van der Waals surface area contributed by atoms with Crippen LogP contribution in [0.3, 0.4) is 0 Å². The van der Waals surface area contributed by atoms with Gasteiger partial charge in [-0.2, -0.15) is 16.8 Å². The lowest BCUT2D eigenvalue weighted by molar-refractivity contribution is 0.481. The predicted molar refractivity (Wildman–Crippen MR) is 61.3 cm³/mol. The van der Waals surface area contributed by atoms with Gasteiger partial charge in [-0.15, -0.1) is 0 Å². The smallest absolute Gasteiger partial charge is 0.294 e. The Morgan fingerprint density at radius 2 is 1.35 bits per heavy atom. The molecule has 0 fully saturated rings. The molecule has 0 aliphatic rings. The summed E-state index contributed by atoms with van der Waals surface area (Å²) in [5.74, 6) is -0.701. The van der Waals surface area contributed by atoms with Crippen molar-refractivity contribution in [3.05, 3.63) is 24.3 Å². The third-order valence-electron chi connectivity index (χ3n) is 1.39. The van der Waals surface area contributed by atoms with Crippen molar-refractivity contribution in [1.82, 2.24) is 0 Å². The number of hydrogen-bond acceptors (Lipinski definition) is 6. The molecular weight excluding hydrogens is 272 g/mol. The monoisotopic (exact) mass is 284 g/mol. The fourth-order valence-corrected chi connectivity index (χ4v) is 1.12. The van der Waals surface area contributed by atoms with Gasteiger partial charge in [0, 0.05) is 5.69 Å². The lowest BCUT2D eigenvalue weighted by Crippen LogP contribution is -2.11. The second-order valence-corrected chi connectivity index (χ2v) is 5.71. The Hall–Kier alpha value is -1.20. The summed E-state index contributed by atoms with van der Waals surface area (Å²) in [5.41, 5.74) is 10.2. The number of hydrogen-bond donors (Lipinski definition) is 4. The summed E-state index contributed by atoms with van der Waals surface area (Å²) >= 11 is 0. The van der Waals surface area contributed by atoms with Gasteiger partial charge >= 0.3 is 0 Å².